The van der Waals surface area contributed by atoms with Gasteiger partial charge in [0.2, 0.25) is 0 Å². The van der Waals surface area contributed by atoms with Crippen LogP contribution < -0.4 is 11.3 Å². The number of benzene rings is 2. The Hall–Kier alpha value is -4.27. The Morgan fingerprint density at radius 3 is 2.36 bits per heavy atom. The molecule has 0 saturated carbocycles. The minimum Gasteiger partial charge on any atom is -0.465 e. The number of nitrogens with zero attached hydrogens (tertiary/aromatic N) is 3. The summed E-state index contributed by atoms with van der Waals surface area (Å²) in [6.07, 6.45) is 3.37. The zero-order valence-electron chi connectivity index (χ0n) is 25.1. The van der Waals surface area contributed by atoms with Gasteiger partial charge in [-0.15, -0.1) is 0 Å². The number of hydrogen-bond donors (Lipinski definition) is 1. The van der Waals surface area contributed by atoms with Crippen LogP contribution in [-0.4, -0.2) is 32.3 Å². The summed E-state index contributed by atoms with van der Waals surface area (Å²) in [4.78, 5) is 45.8. The SMILES string of the molecule is CCCCc1nc(C(C)C)c(CC(=O)OCC(C)CC)c(=O)n1Cc1ccc(-c2ccccc2-c2noc(=O)[nH]2)cc1. The quantitative estimate of drug-likeness (QED) is 0.198. The summed E-state index contributed by atoms with van der Waals surface area (Å²) in [5, 5.41) is 3.84. The van der Waals surface area contributed by atoms with Crippen molar-refractivity contribution >= 4 is 5.97 Å². The summed E-state index contributed by atoms with van der Waals surface area (Å²) < 4.78 is 11.9. The number of carbonyl (C=O) groups is 1. The number of aryl methyl sites for hydroxylation is 1. The Balaban J connectivity index is 1.67. The van der Waals surface area contributed by atoms with Crippen molar-refractivity contribution in [3.05, 3.63) is 92.1 Å². The normalized spacial score (nSPS) is 12.0. The summed E-state index contributed by atoms with van der Waals surface area (Å²) in [6.45, 7) is 10.9. The third kappa shape index (κ3) is 7.32. The summed E-state index contributed by atoms with van der Waals surface area (Å²) in [5.74, 6) is 0.326. The monoisotopic (exact) mass is 572 g/mol. The lowest BCUT2D eigenvalue weighted by Gasteiger charge is -2.19. The second-order valence-corrected chi connectivity index (χ2v) is 11.1. The highest BCUT2D eigenvalue weighted by atomic mass is 16.5. The smallest absolute Gasteiger partial charge is 0.439 e. The number of ether oxygens (including phenoxy) is 1. The van der Waals surface area contributed by atoms with E-state index in [2.05, 4.69) is 24.0 Å². The van der Waals surface area contributed by atoms with Crippen molar-refractivity contribution in [2.75, 3.05) is 6.61 Å². The second kappa shape index (κ2) is 14.1. The maximum Gasteiger partial charge on any atom is 0.439 e. The van der Waals surface area contributed by atoms with E-state index in [1.165, 1.54) is 0 Å². The Kier molecular flexibility index (Phi) is 10.3. The van der Waals surface area contributed by atoms with Crippen molar-refractivity contribution in [2.24, 2.45) is 5.92 Å². The molecule has 0 spiro atoms. The van der Waals surface area contributed by atoms with E-state index in [0.717, 1.165) is 47.3 Å². The van der Waals surface area contributed by atoms with Crippen molar-refractivity contribution in [3.63, 3.8) is 0 Å². The molecule has 0 aliphatic heterocycles. The molecule has 1 unspecified atom stereocenters. The molecule has 4 aromatic rings. The average molecular weight is 573 g/mol. The van der Waals surface area contributed by atoms with Gasteiger partial charge in [0.05, 0.1) is 30.8 Å². The Morgan fingerprint density at radius 2 is 1.74 bits per heavy atom. The van der Waals surface area contributed by atoms with Gasteiger partial charge < -0.3 is 4.74 Å². The molecular weight excluding hydrogens is 532 g/mol. The van der Waals surface area contributed by atoms with Crippen LogP contribution in [0.5, 0.6) is 0 Å². The second-order valence-electron chi connectivity index (χ2n) is 11.1. The third-order valence-corrected chi connectivity index (χ3v) is 7.45. The molecule has 0 bridgehead atoms. The van der Waals surface area contributed by atoms with Crippen molar-refractivity contribution in [2.45, 2.75) is 79.2 Å². The van der Waals surface area contributed by atoms with Crippen LogP contribution >= 0.6 is 0 Å². The van der Waals surface area contributed by atoms with Gasteiger partial charge in [0.25, 0.3) is 5.56 Å². The number of hydrogen-bond acceptors (Lipinski definition) is 7. The molecule has 42 heavy (non-hydrogen) atoms. The zero-order valence-corrected chi connectivity index (χ0v) is 25.1. The van der Waals surface area contributed by atoms with E-state index < -0.39 is 11.7 Å². The van der Waals surface area contributed by atoms with Crippen LogP contribution in [0, 0.1) is 5.92 Å². The Morgan fingerprint density at radius 1 is 1.02 bits per heavy atom. The fourth-order valence-electron chi connectivity index (χ4n) is 4.80. The molecule has 0 aliphatic rings. The molecule has 2 aromatic heterocycles. The number of esters is 1. The minimum atomic E-state index is -0.611. The van der Waals surface area contributed by atoms with E-state index >= 15 is 0 Å². The fourth-order valence-corrected chi connectivity index (χ4v) is 4.80. The van der Waals surface area contributed by atoms with Crippen LogP contribution in [0.2, 0.25) is 0 Å². The summed E-state index contributed by atoms with van der Waals surface area (Å²) >= 11 is 0. The predicted octanol–water partition coefficient (Wildman–Crippen LogP) is 5.90. The standard InChI is InChI=1S/C33H40N4O5/c1-6-8-13-28-34-30(21(3)4)27(18-29(38)41-20-22(5)7-2)32(39)37(28)19-23-14-16-24(17-15-23)25-11-9-10-12-26(25)31-35-33(40)42-36-31/h9-12,14-17,21-22H,6-8,13,18-20H2,1-5H3,(H,35,36,40). The first-order valence-electron chi connectivity index (χ1n) is 14.7. The number of nitrogens with one attached hydrogen (secondary N) is 1. The Bertz CT molecular complexity index is 1610. The molecule has 4 rings (SSSR count). The number of aromatic amines is 1. The summed E-state index contributed by atoms with van der Waals surface area (Å²) in [6, 6.07) is 15.5. The number of unbranched alkanes of at least 4 members (excludes halogenated alkanes) is 1. The van der Waals surface area contributed by atoms with E-state index in [1.54, 1.807) is 4.57 Å². The van der Waals surface area contributed by atoms with Crippen LogP contribution in [0.15, 0.2) is 62.6 Å². The predicted molar refractivity (Wildman–Crippen MR) is 162 cm³/mol. The topological polar surface area (TPSA) is 120 Å². The number of aromatic nitrogens is 4. The van der Waals surface area contributed by atoms with Crippen LogP contribution in [-0.2, 0) is 28.9 Å². The molecule has 0 amide bonds. The molecule has 0 saturated heterocycles. The van der Waals surface area contributed by atoms with Crippen molar-refractivity contribution < 1.29 is 14.1 Å². The lowest BCUT2D eigenvalue weighted by molar-refractivity contribution is -0.144. The van der Waals surface area contributed by atoms with Crippen molar-refractivity contribution in [1.82, 2.24) is 19.7 Å². The van der Waals surface area contributed by atoms with Gasteiger partial charge in [-0.05, 0) is 34.9 Å². The van der Waals surface area contributed by atoms with Crippen LogP contribution in [0.25, 0.3) is 22.5 Å². The fraction of sp³-hybridized carbons (Fsp3) is 0.424. The highest BCUT2D eigenvalue weighted by Gasteiger charge is 2.22. The average Bonchev–Trinajstić information content (AvgIpc) is 3.43. The van der Waals surface area contributed by atoms with Crippen molar-refractivity contribution in [1.29, 1.82) is 0 Å². The molecule has 0 radical (unpaired) electrons. The van der Waals surface area contributed by atoms with Gasteiger partial charge >= 0.3 is 11.7 Å². The third-order valence-electron chi connectivity index (χ3n) is 7.45. The molecule has 2 heterocycles. The highest BCUT2D eigenvalue weighted by Crippen LogP contribution is 2.30. The van der Waals surface area contributed by atoms with Gasteiger partial charge in [0.15, 0.2) is 5.82 Å². The first kappa shape index (κ1) is 30.7. The van der Waals surface area contributed by atoms with Crippen LogP contribution in [0.1, 0.15) is 82.4 Å². The molecule has 9 heteroatoms. The van der Waals surface area contributed by atoms with E-state index in [0.29, 0.717) is 36.7 Å². The van der Waals surface area contributed by atoms with E-state index in [-0.39, 0.29) is 23.8 Å². The van der Waals surface area contributed by atoms with Crippen molar-refractivity contribution in [3.8, 4) is 22.5 Å². The van der Waals surface area contributed by atoms with E-state index in [1.807, 2.05) is 69.3 Å². The minimum absolute atomic E-state index is 0.0101. The molecular formula is C33H40N4O5. The van der Waals surface area contributed by atoms with Gasteiger partial charge in [-0.2, -0.15) is 0 Å². The van der Waals surface area contributed by atoms with Gasteiger partial charge in [0.1, 0.15) is 5.82 Å². The van der Waals surface area contributed by atoms with Crippen LogP contribution in [0.4, 0.5) is 0 Å². The first-order valence-corrected chi connectivity index (χ1v) is 14.7. The molecule has 0 aliphatic carbocycles. The molecule has 1 atom stereocenters. The maximum absolute atomic E-state index is 14.0. The highest BCUT2D eigenvalue weighted by molar-refractivity contribution is 5.80. The lowest BCUT2D eigenvalue weighted by Crippen LogP contribution is -2.32. The molecule has 9 nitrogen and oxygen atoms in total. The summed E-state index contributed by atoms with van der Waals surface area (Å²) in [7, 11) is 0. The lowest BCUT2D eigenvalue weighted by atomic mass is 9.98. The van der Waals surface area contributed by atoms with Gasteiger partial charge in [-0.25, -0.2) is 9.78 Å². The van der Waals surface area contributed by atoms with Gasteiger partial charge in [0, 0.05) is 12.0 Å². The number of rotatable bonds is 13. The molecule has 222 valence electrons. The van der Waals surface area contributed by atoms with Gasteiger partial charge in [-0.1, -0.05) is 101 Å². The van der Waals surface area contributed by atoms with E-state index in [9.17, 15) is 14.4 Å². The number of carbonyl (C=O) groups excluding carboxylic acids is 1. The maximum atomic E-state index is 14.0. The van der Waals surface area contributed by atoms with Gasteiger partial charge in [-0.3, -0.25) is 23.7 Å². The molecule has 2 aromatic carbocycles. The summed E-state index contributed by atoms with van der Waals surface area (Å²) in [5.41, 5.74) is 4.37. The number of H-pyrrole nitrogens is 1. The van der Waals surface area contributed by atoms with E-state index in [4.69, 9.17) is 14.2 Å². The van der Waals surface area contributed by atoms with Crippen LogP contribution in [0.3, 0.4) is 0 Å². The first-order chi connectivity index (χ1) is 20.2. The Labute approximate surface area is 246 Å². The largest absolute Gasteiger partial charge is 0.465 e. The zero-order chi connectivity index (χ0) is 30.2. The molecule has 0 fully saturated rings. The molecule has 1 N–H and O–H groups in total.